The molecule has 2 aromatic heterocycles. The maximum Gasteiger partial charge on any atom is 0.293 e. The number of carbonyl (C=O) groups is 1. The van der Waals surface area contributed by atoms with Crippen LogP contribution in [0.15, 0.2) is 52.2 Å². The van der Waals surface area contributed by atoms with Crippen molar-refractivity contribution in [2.45, 2.75) is 13.8 Å². The van der Waals surface area contributed by atoms with Crippen LogP contribution >= 0.6 is 0 Å². The SMILES string of the molecule is C/C(=N\NC(=O)c1nnn(-c2nonc2N)c1C)c1ccc2ccccc2c1. The molecule has 4 rings (SSSR count). The third-order valence-corrected chi connectivity index (χ3v) is 4.30. The standard InChI is InChI=1S/C18H16N8O2/c1-10(13-8-7-12-5-3-4-6-14(12)9-13)20-22-18(27)15-11(2)26(25-21-15)17-16(19)23-28-24-17/h3-9H,1-2H3,(H2,19,23)(H,22,27)/b20-10+. The molecule has 0 bridgehead atoms. The summed E-state index contributed by atoms with van der Waals surface area (Å²) in [5, 5.41) is 21.3. The van der Waals surface area contributed by atoms with Gasteiger partial charge in [-0.05, 0) is 46.6 Å². The Kier molecular flexibility index (Phi) is 4.28. The van der Waals surface area contributed by atoms with Gasteiger partial charge >= 0.3 is 0 Å². The number of anilines is 1. The zero-order valence-electron chi connectivity index (χ0n) is 15.1. The van der Waals surface area contributed by atoms with Crippen molar-refractivity contribution < 1.29 is 9.42 Å². The quantitative estimate of drug-likeness (QED) is 0.409. The van der Waals surface area contributed by atoms with Gasteiger partial charge in [-0.3, -0.25) is 4.79 Å². The molecule has 0 aliphatic heterocycles. The van der Waals surface area contributed by atoms with E-state index < -0.39 is 5.91 Å². The fourth-order valence-corrected chi connectivity index (χ4v) is 2.74. The molecule has 0 saturated heterocycles. The van der Waals surface area contributed by atoms with Gasteiger partial charge in [-0.15, -0.1) is 5.10 Å². The van der Waals surface area contributed by atoms with Crippen LogP contribution in [0.3, 0.4) is 0 Å². The Hall–Kier alpha value is -4.08. The highest BCUT2D eigenvalue weighted by Crippen LogP contribution is 2.17. The third kappa shape index (κ3) is 3.07. The molecular formula is C18H16N8O2. The number of hydrazone groups is 1. The van der Waals surface area contributed by atoms with E-state index in [2.05, 4.69) is 35.8 Å². The second-order valence-corrected chi connectivity index (χ2v) is 6.11. The van der Waals surface area contributed by atoms with E-state index in [-0.39, 0.29) is 17.3 Å². The summed E-state index contributed by atoms with van der Waals surface area (Å²) in [5.41, 5.74) is 10.2. The van der Waals surface area contributed by atoms with Crippen LogP contribution < -0.4 is 11.2 Å². The van der Waals surface area contributed by atoms with Crippen molar-refractivity contribution in [3.8, 4) is 5.82 Å². The summed E-state index contributed by atoms with van der Waals surface area (Å²) in [6, 6.07) is 14.0. The number of rotatable bonds is 4. The molecule has 28 heavy (non-hydrogen) atoms. The number of nitrogens with zero attached hydrogens (tertiary/aromatic N) is 6. The Morgan fingerprint density at radius 3 is 2.71 bits per heavy atom. The van der Waals surface area contributed by atoms with Crippen LogP contribution in [0.25, 0.3) is 16.6 Å². The smallest absolute Gasteiger partial charge is 0.293 e. The minimum absolute atomic E-state index is 0.0464. The summed E-state index contributed by atoms with van der Waals surface area (Å²) in [4.78, 5) is 12.5. The predicted octanol–water partition coefficient (Wildman–Crippen LogP) is 1.85. The number of nitrogens with one attached hydrogen (secondary N) is 1. The van der Waals surface area contributed by atoms with Gasteiger partial charge in [0, 0.05) is 0 Å². The molecule has 3 N–H and O–H groups in total. The number of amides is 1. The van der Waals surface area contributed by atoms with Gasteiger partial charge in [-0.25, -0.2) is 10.1 Å². The Balaban J connectivity index is 1.55. The lowest BCUT2D eigenvalue weighted by Crippen LogP contribution is -2.21. The van der Waals surface area contributed by atoms with Crippen molar-refractivity contribution in [2.24, 2.45) is 5.10 Å². The van der Waals surface area contributed by atoms with E-state index in [1.54, 1.807) is 6.92 Å². The van der Waals surface area contributed by atoms with E-state index in [0.717, 1.165) is 16.3 Å². The lowest BCUT2D eigenvalue weighted by atomic mass is 10.0. The Labute approximate surface area is 159 Å². The summed E-state index contributed by atoms with van der Waals surface area (Å²) in [6.07, 6.45) is 0. The molecule has 0 spiro atoms. The molecule has 0 radical (unpaired) electrons. The Morgan fingerprint density at radius 1 is 1.18 bits per heavy atom. The monoisotopic (exact) mass is 376 g/mol. The van der Waals surface area contributed by atoms with Crippen LogP contribution in [-0.4, -0.2) is 36.9 Å². The number of hydrogen-bond acceptors (Lipinski definition) is 8. The molecule has 0 unspecified atom stereocenters. The Morgan fingerprint density at radius 2 is 1.96 bits per heavy atom. The second kappa shape index (κ2) is 6.91. The number of aromatic nitrogens is 5. The maximum atomic E-state index is 12.5. The first-order chi connectivity index (χ1) is 13.5. The molecule has 0 aliphatic rings. The highest BCUT2D eigenvalue weighted by Gasteiger charge is 2.20. The number of fused-ring (bicyclic) bond motifs is 1. The molecule has 4 aromatic rings. The van der Waals surface area contributed by atoms with Crippen LogP contribution in [0.2, 0.25) is 0 Å². The second-order valence-electron chi connectivity index (χ2n) is 6.11. The summed E-state index contributed by atoms with van der Waals surface area (Å²) < 4.78 is 5.83. The van der Waals surface area contributed by atoms with Gasteiger partial charge in [-0.2, -0.15) is 9.78 Å². The molecule has 1 amide bonds. The van der Waals surface area contributed by atoms with Crippen molar-refractivity contribution >= 4 is 28.2 Å². The van der Waals surface area contributed by atoms with E-state index >= 15 is 0 Å². The van der Waals surface area contributed by atoms with Gasteiger partial charge in [0.2, 0.25) is 11.6 Å². The number of hydrogen-bond donors (Lipinski definition) is 2. The molecule has 0 atom stereocenters. The highest BCUT2D eigenvalue weighted by molar-refractivity contribution is 6.03. The van der Waals surface area contributed by atoms with E-state index in [1.807, 2.05) is 49.4 Å². The molecule has 0 aliphatic carbocycles. The van der Waals surface area contributed by atoms with E-state index in [9.17, 15) is 4.79 Å². The average Bonchev–Trinajstić information content (AvgIpc) is 3.30. The van der Waals surface area contributed by atoms with Crippen LogP contribution in [0.4, 0.5) is 5.82 Å². The molecule has 0 fully saturated rings. The number of benzene rings is 2. The first kappa shape index (κ1) is 17.3. The summed E-state index contributed by atoms with van der Waals surface area (Å²) >= 11 is 0. The van der Waals surface area contributed by atoms with Gasteiger partial charge in [0.05, 0.1) is 11.4 Å². The van der Waals surface area contributed by atoms with Crippen molar-refractivity contribution in [3.63, 3.8) is 0 Å². The van der Waals surface area contributed by atoms with Crippen LogP contribution in [0.1, 0.15) is 28.7 Å². The lowest BCUT2D eigenvalue weighted by Gasteiger charge is -2.04. The van der Waals surface area contributed by atoms with E-state index in [4.69, 9.17) is 5.73 Å². The minimum Gasteiger partial charge on any atom is -0.378 e. The van der Waals surface area contributed by atoms with Gasteiger partial charge in [-0.1, -0.05) is 41.6 Å². The average molecular weight is 376 g/mol. The largest absolute Gasteiger partial charge is 0.378 e. The van der Waals surface area contributed by atoms with Gasteiger partial charge in [0.1, 0.15) is 0 Å². The van der Waals surface area contributed by atoms with Crippen LogP contribution in [0.5, 0.6) is 0 Å². The molecule has 140 valence electrons. The summed E-state index contributed by atoms with van der Waals surface area (Å²) in [5.74, 6) is -0.288. The minimum atomic E-state index is -0.501. The fraction of sp³-hybridized carbons (Fsp3) is 0.111. The third-order valence-electron chi connectivity index (χ3n) is 4.30. The number of nitrogens with two attached hydrogens (primary N) is 1. The normalized spacial score (nSPS) is 11.7. The highest BCUT2D eigenvalue weighted by atomic mass is 16.6. The molecular weight excluding hydrogens is 360 g/mol. The lowest BCUT2D eigenvalue weighted by molar-refractivity contribution is 0.0949. The summed E-state index contributed by atoms with van der Waals surface area (Å²) in [6.45, 7) is 3.47. The zero-order valence-corrected chi connectivity index (χ0v) is 15.1. The molecule has 10 heteroatoms. The molecule has 2 heterocycles. The first-order valence-electron chi connectivity index (χ1n) is 8.39. The predicted molar refractivity (Wildman–Crippen MR) is 102 cm³/mol. The van der Waals surface area contributed by atoms with Crippen molar-refractivity contribution in [3.05, 3.63) is 59.4 Å². The summed E-state index contributed by atoms with van der Waals surface area (Å²) in [7, 11) is 0. The van der Waals surface area contributed by atoms with Crippen molar-refractivity contribution in [1.82, 2.24) is 30.7 Å². The fourth-order valence-electron chi connectivity index (χ4n) is 2.74. The van der Waals surface area contributed by atoms with Crippen LogP contribution in [-0.2, 0) is 0 Å². The van der Waals surface area contributed by atoms with Gasteiger partial charge < -0.3 is 5.73 Å². The van der Waals surface area contributed by atoms with E-state index in [1.165, 1.54) is 4.68 Å². The number of carbonyl (C=O) groups excluding carboxylic acids is 1. The number of nitrogen functional groups attached to an aromatic ring is 1. The molecule has 2 aromatic carbocycles. The van der Waals surface area contributed by atoms with Gasteiger partial charge in [0.15, 0.2) is 5.69 Å². The van der Waals surface area contributed by atoms with E-state index in [0.29, 0.717) is 11.4 Å². The zero-order chi connectivity index (χ0) is 19.7. The first-order valence-corrected chi connectivity index (χ1v) is 8.39. The van der Waals surface area contributed by atoms with Crippen LogP contribution in [0, 0.1) is 6.92 Å². The topological polar surface area (TPSA) is 137 Å². The molecule has 10 nitrogen and oxygen atoms in total. The molecule has 0 saturated carbocycles. The maximum absolute atomic E-state index is 12.5. The van der Waals surface area contributed by atoms with Gasteiger partial charge in [0.25, 0.3) is 5.91 Å². The van der Waals surface area contributed by atoms with Crippen molar-refractivity contribution in [2.75, 3.05) is 5.73 Å². The van der Waals surface area contributed by atoms with Crippen molar-refractivity contribution in [1.29, 1.82) is 0 Å². The Bertz CT molecular complexity index is 1210.